The normalized spacial score (nSPS) is 11.1. The highest BCUT2D eigenvalue weighted by Gasteiger charge is 2.12. The maximum atomic E-state index is 12.7. The van der Waals surface area contributed by atoms with Gasteiger partial charge in [-0.05, 0) is 67.9 Å². The molecule has 2 amide bonds. The van der Waals surface area contributed by atoms with E-state index in [0.717, 1.165) is 33.6 Å². The van der Waals surface area contributed by atoms with E-state index in [1.807, 2.05) is 73.7 Å². The van der Waals surface area contributed by atoms with Crippen molar-refractivity contribution in [3.63, 3.8) is 0 Å². The Morgan fingerprint density at radius 1 is 0.778 bits per heavy atom. The van der Waals surface area contributed by atoms with Crippen molar-refractivity contribution >= 4 is 56.8 Å². The summed E-state index contributed by atoms with van der Waals surface area (Å²) in [6.07, 6.45) is 0. The first-order valence-electron chi connectivity index (χ1n) is 11.9. The number of benzene rings is 4. The third kappa shape index (κ3) is 4.86. The van der Waals surface area contributed by atoms with E-state index in [9.17, 15) is 9.59 Å². The van der Waals surface area contributed by atoms with Gasteiger partial charge in [0.25, 0.3) is 5.91 Å². The van der Waals surface area contributed by atoms with E-state index in [1.165, 1.54) is 22.7 Å². The maximum Gasteiger partial charge on any atom is 0.255 e. The molecule has 0 unspecified atom stereocenters. The Hall–Kier alpha value is -4.03. The first-order valence-corrected chi connectivity index (χ1v) is 12.9. The molecule has 0 aliphatic carbocycles. The highest BCUT2D eigenvalue weighted by molar-refractivity contribution is 8.00. The van der Waals surface area contributed by atoms with Crippen molar-refractivity contribution in [2.45, 2.75) is 25.3 Å². The number of para-hydroxylation sites is 1. The molecule has 2 N–H and O–H groups in total. The maximum absolute atomic E-state index is 12.7. The zero-order valence-corrected chi connectivity index (χ0v) is 21.1. The molecular formula is C30H27N3O2S. The number of anilines is 2. The molecule has 5 nitrogen and oxygen atoms in total. The van der Waals surface area contributed by atoms with E-state index in [2.05, 4.69) is 46.4 Å². The van der Waals surface area contributed by atoms with Crippen LogP contribution in [0.15, 0.2) is 95.9 Å². The SMILES string of the molecule is CCn1c2ccccc2c2cc(NC(=O)CSc3cccc(NC(=O)c4ccccc4C)c3)ccc21. The molecule has 0 fully saturated rings. The van der Waals surface area contributed by atoms with Crippen molar-refractivity contribution in [3.05, 3.63) is 102 Å². The fraction of sp³-hybridized carbons (Fsp3) is 0.133. The summed E-state index contributed by atoms with van der Waals surface area (Å²) in [5.74, 6) is 0.0463. The van der Waals surface area contributed by atoms with Crippen LogP contribution in [0.3, 0.4) is 0 Å². The van der Waals surface area contributed by atoms with Gasteiger partial charge < -0.3 is 15.2 Å². The molecule has 0 aliphatic rings. The molecule has 0 aliphatic heterocycles. The number of fused-ring (bicyclic) bond motifs is 3. The smallest absolute Gasteiger partial charge is 0.255 e. The summed E-state index contributed by atoms with van der Waals surface area (Å²) in [5.41, 5.74) is 5.42. The summed E-state index contributed by atoms with van der Waals surface area (Å²) >= 11 is 1.43. The van der Waals surface area contributed by atoms with Crippen LogP contribution in [0.2, 0.25) is 0 Å². The van der Waals surface area contributed by atoms with Crippen LogP contribution in [-0.4, -0.2) is 22.1 Å². The molecule has 0 bridgehead atoms. The Labute approximate surface area is 214 Å². The average Bonchev–Trinajstić information content (AvgIpc) is 3.21. The van der Waals surface area contributed by atoms with Crippen LogP contribution >= 0.6 is 11.8 Å². The fourth-order valence-electron chi connectivity index (χ4n) is 4.51. The van der Waals surface area contributed by atoms with Crippen molar-refractivity contribution < 1.29 is 9.59 Å². The van der Waals surface area contributed by atoms with Gasteiger partial charge in [0.1, 0.15) is 0 Å². The van der Waals surface area contributed by atoms with E-state index in [0.29, 0.717) is 11.3 Å². The van der Waals surface area contributed by atoms with Gasteiger partial charge in [-0.1, -0.05) is 42.5 Å². The average molecular weight is 494 g/mol. The van der Waals surface area contributed by atoms with Gasteiger partial charge in [0, 0.05) is 50.2 Å². The molecule has 0 radical (unpaired) electrons. The number of thioether (sulfide) groups is 1. The number of hydrogen-bond donors (Lipinski definition) is 2. The second-order valence-corrected chi connectivity index (χ2v) is 9.68. The van der Waals surface area contributed by atoms with Crippen molar-refractivity contribution in [2.24, 2.45) is 0 Å². The molecule has 180 valence electrons. The first-order chi connectivity index (χ1) is 17.5. The molecule has 4 aromatic carbocycles. The second kappa shape index (κ2) is 10.3. The number of hydrogen-bond acceptors (Lipinski definition) is 3. The zero-order chi connectivity index (χ0) is 25.1. The number of nitrogens with one attached hydrogen (secondary N) is 2. The van der Waals surface area contributed by atoms with Crippen LogP contribution in [0.25, 0.3) is 21.8 Å². The van der Waals surface area contributed by atoms with Gasteiger partial charge in [-0.25, -0.2) is 0 Å². The highest BCUT2D eigenvalue weighted by Crippen LogP contribution is 2.31. The highest BCUT2D eigenvalue weighted by atomic mass is 32.2. The largest absolute Gasteiger partial charge is 0.341 e. The predicted octanol–water partition coefficient (Wildman–Crippen LogP) is 7.11. The van der Waals surface area contributed by atoms with Crippen LogP contribution in [0.5, 0.6) is 0 Å². The van der Waals surface area contributed by atoms with Gasteiger partial charge in [-0.2, -0.15) is 0 Å². The molecule has 36 heavy (non-hydrogen) atoms. The minimum atomic E-state index is -0.146. The number of aryl methyl sites for hydroxylation is 2. The van der Waals surface area contributed by atoms with Crippen LogP contribution in [0.4, 0.5) is 11.4 Å². The number of carbonyl (C=O) groups excluding carboxylic acids is 2. The summed E-state index contributed by atoms with van der Waals surface area (Å²) < 4.78 is 2.29. The van der Waals surface area contributed by atoms with E-state index in [-0.39, 0.29) is 17.6 Å². The van der Waals surface area contributed by atoms with Gasteiger partial charge in [-0.3, -0.25) is 9.59 Å². The molecule has 6 heteroatoms. The summed E-state index contributed by atoms with van der Waals surface area (Å²) in [6.45, 7) is 4.94. The van der Waals surface area contributed by atoms with Gasteiger partial charge in [0.15, 0.2) is 0 Å². The molecule has 1 heterocycles. The number of carbonyl (C=O) groups is 2. The lowest BCUT2D eigenvalue weighted by atomic mass is 10.1. The topological polar surface area (TPSA) is 63.1 Å². The Bertz CT molecular complexity index is 1590. The zero-order valence-electron chi connectivity index (χ0n) is 20.2. The second-order valence-electron chi connectivity index (χ2n) is 8.63. The summed E-state index contributed by atoms with van der Waals surface area (Å²) in [7, 11) is 0. The van der Waals surface area contributed by atoms with Crippen LogP contribution < -0.4 is 10.6 Å². The van der Waals surface area contributed by atoms with Crippen molar-refractivity contribution in [2.75, 3.05) is 16.4 Å². The lowest BCUT2D eigenvalue weighted by molar-refractivity contribution is -0.113. The van der Waals surface area contributed by atoms with Crippen molar-refractivity contribution in [3.8, 4) is 0 Å². The molecule has 0 spiro atoms. The molecular weight excluding hydrogens is 466 g/mol. The molecule has 0 atom stereocenters. The Kier molecular flexibility index (Phi) is 6.78. The first kappa shape index (κ1) is 23.7. The summed E-state index contributed by atoms with van der Waals surface area (Å²) in [6, 6.07) is 29.5. The number of aromatic nitrogens is 1. The van der Waals surface area contributed by atoms with Gasteiger partial charge in [-0.15, -0.1) is 11.8 Å². The van der Waals surface area contributed by atoms with Crippen LogP contribution in [-0.2, 0) is 11.3 Å². The Morgan fingerprint density at radius 3 is 2.36 bits per heavy atom. The van der Waals surface area contributed by atoms with Gasteiger partial charge >= 0.3 is 0 Å². The number of nitrogens with zero attached hydrogens (tertiary/aromatic N) is 1. The standard InChI is InChI=1S/C30H27N3O2S/c1-3-33-27-14-7-6-13-25(27)26-18-22(15-16-28(26)33)31-29(34)19-36-23-11-8-10-21(17-23)32-30(35)24-12-5-4-9-20(24)2/h4-18H,3,19H2,1-2H3,(H,31,34)(H,32,35). The number of rotatable bonds is 7. The molecule has 1 aromatic heterocycles. The van der Waals surface area contributed by atoms with E-state index in [4.69, 9.17) is 0 Å². The van der Waals surface area contributed by atoms with E-state index in [1.54, 1.807) is 0 Å². The van der Waals surface area contributed by atoms with Crippen molar-refractivity contribution in [1.82, 2.24) is 4.57 Å². The Morgan fingerprint density at radius 2 is 1.53 bits per heavy atom. The van der Waals surface area contributed by atoms with Gasteiger partial charge in [0.05, 0.1) is 5.75 Å². The molecule has 5 rings (SSSR count). The fourth-order valence-corrected chi connectivity index (χ4v) is 5.26. The third-order valence-corrected chi connectivity index (χ3v) is 7.22. The third-order valence-electron chi connectivity index (χ3n) is 6.22. The Balaban J connectivity index is 1.25. The number of amides is 2. The molecule has 0 saturated heterocycles. The summed E-state index contributed by atoms with van der Waals surface area (Å²) in [5, 5.41) is 8.30. The lowest BCUT2D eigenvalue weighted by Gasteiger charge is -2.09. The summed E-state index contributed by atoms with van der Waals surface area (Å²) in [4.78, 5) is 26.3. The van der Waals surface area contributed by atoms with Crippen LogP contribution in [0, 0.1) is 6.92 Å². The van der Waals surface area contributed by atoms with E-state index < -0.39 is 0 Å². The van der Waals surface area contributed by atoms with Crippen LogP contribution in [0.1, 0.15) is 22.8 Å². The van der Waals surface area contributed by atoms with Gasteiger partial charge in [0.2, 0.25) is 5.91 Å². The molecule has 0 saturated carbocycles. The minimum absolute atomic E-state index is 0.0760. The minimum Gasteiger partial charge on any atom is -0.341 e. The predicted molar refractivity (Wildman–Crippen MR) is 150 cm³/mol. The van der Waals surface area contributed by atoms with Crippen molar-refractivity contribution in [1.29, 1.82) is 0 Å². The quantitative estimate of drug-likeness (QED) is 0.238. The van der Waals surface area contributed by atoms with E-state index >= 15 is 0 Å². The molecule has 5 aromatic rings. The lowest BCUT2D eigenvalue weighted by Crippen LogP contribution is -2.14. The monoisotopic (exact) mass is 493 g/mol.